The van der Waals surface area contributed by atoms with E-state index in [1.54, 1.807) is 6.20 Å². The van der Waals surface area contributed by atoms with Crippen LogP contribution in [0.2, 0.25) is 0 Å². The van der Waals surface area contributed by atoms with Crippen LogP contribution in [0.5, 0.6) is 0 Å². The Bertz CT molecular complexity index is 1590. The lowest BCUT2D eigenvalue weighted by Crippen LogP contribution is -2.27. The van der Waals surface area contributed by atoms with Crippen LogP contribution in [0.1, 0.15) is 71.3 Å². The highest BCUT2D eigenvalue weighted by Crippen LogP contribution is 2.28. The summed E-state index contributed by atoms with van der Waals surface area (Å²) in [6, 6.07) is 11.1. The topological polar surface area (TPSA) is 109 Å². The average molecular weight is 556 g/mol. The monoisotopic (exact) mass is 555 g/mol. The van der Waals surface area contributed by atoms with Gasteiger partial charge in [0, 0.05) is 54.1 Å². The van der Waals surface area contributed by atoms with Gasteiger partial charge in [-0.3, -0.25) is 19.1 Å². The molecule has 1 aliphatic heterocycles. The van der Waals surface area contributed by atoms with Crippen molar-refractivity contribution in [2.75, 3.05) is 18.4 Å². The van der Waals surface area contributed by atoms with E-state index in [2.05, 4.69) is 10.4 Å². The molecule has 2 amide bonds. The molecule has 1 atom stereocenters. The number of aliphatic carboxylic acids is 1. The second-order valence-corrected chi connectivity index (χ2v) is 11.1. The molecular formula is C32H37N5O4. The molecule has 0 bridgehead atoms. The van der Waals surface area contributed by atoms with E-state index in [1.807, 2.05) is 83.7 Å². The van der Waals surface area contributed by atoms with Gasteiger partial charge in [-0.15, -0.1) is 0 Å². The maximum absolute atomic E-state index is 13.7. The minimum absolute atomic E-state index is 0.0297. The number of carboxylic acids is 1. The van der Waals surface area contributed by atoms with Crippen LogP contribution in [-0.4, -0.2) is 55.2 Å². The first-order chi connectivity index (χ1) is 19.7. The molecule has 2 N–H and O–H groups in total. The molecule has 1 aliphatic rings. The van der Waals surface area contributed by atoms with Crippen LogP contribution in [0.15, 0.2) is 55.0 Å². The third kappa shape index (κ3) is 6.34. The van der Waals surface area contributed by atoms with Crippen LogP contribution < -0.4 is 5.32 Å². The summed E-state index contributed by atoms with van der Waals surface area (Å²) in [7, 11) is 0. The molecule has 9 nitrogen and oxygen atoms in total. The van der Waals surface area contributed by atoms with Crippen LogP contribution in [0, 0.1) is 13.8 Å². The number of anilines is 1. The second kappa shape index (κ2) is 12.0. The molecular weight excluding hydrogens is 518 g/mol. The maximum atomic E-state index is 13.7. The molecule has 0 aliphatic carbocycles. The van der Waals surface area contributed by atoms with Crippen LogP contribution in [0.4, 0.5) is 5.69 Å². The van der Waals surface area contributed by atoms with Crippen molar-refractivity contribution in [3.63, 3.8) is 0 Å². The third-order valence-corrected chi connectivity index (χ3v) is 7.85. The van der Waals surface area contributed by atoms with E-state index in [4.69, 9.17) is 5.11 Å². The molecule has 41 heavy (non-hydrogen) atoms. The predicted octanol–water partition coefficient (Wildman–Crippen LogP) is 5.35. The summed E-state index contributed by atoms with van der Waals surface area (Å²) >= 11 is 0. The summed E-state index contributed by atoms with van der Waals surface area (Å²) in [6.07, 6.45) is 8.85. The molecule has 214 valence electrons. The summed E-state index contributed by atoms with van der Waals surface area (Å²) in [6.45, 7) is 7.96. The Morgan fingerprint density at radius 2 is 1.83 bits per heavy atom. The van der Waals surface area contributed by atoms with Gasteiger partial charge in [-0.2, -0.15) is 5.10 Å². The standard InChI is InChI=1S/C32H37N5O4/c1-21-17-33-36(18-21)20-24-9-10-25(7-6-8-30(38)39)28(15-24)34-31(40)23(3)37-19-22(2)27-12-11-26(16-29(27)37)32(41)35-13-4-5-14-35/h9-12,15-19,23H,4-8,13-14,20H2,1-3H3,(H,34,40)(H,38,39). The van der Waals surface area contributed by atoms with E-state index in [0.29, 0.717) is 30.6 Å². The Morgan fingerprint density at radius 3 is 2.54 bits per heavy atom. The molecule has 1 fully saturated rings. The summed E-state index contributed by atoms with van der Waals surface area (Å²) in [5.74, 6) is -1.00. The zero-order chi connectivity index (χ0) is 29.1. The van der Waals surface area contributed by atoms with E-state index in [-0.39, 0.29) is 18.2 Å². The molecule has 2 aromatic heterocycles. The number of fused-ring (bicyclic) bond motifs is 1. The molecule has 1 saturated heterocycles. The molecule has 0 saturated carbocycles. The Kier molecular flexibility index (Phi) is 8.23. The fourth-order valence-corrected chi connectivity index (χ4v) is 5.57. The van der Waals surface area contributed by atoms with Crippen molar-refractivity contribution in [2.24, 2.45) is 0 Å². The highest BCUT2D eigenvalue weighted by Gasteiger charge is 2.23. The summed E-state index contributed by atoms with van der Waals surface area (Å²) in [4.78, 5) is 39.8. The van der Waals surface area contributed by atoms with E-state index in [9.17, 15) is 14.4 Å². The Balaban J connectivity index is 1.41. The maximum Gasteiger partial charge on any atom is 0.303 e. The quantitative estimate of drug-likeness (QED) is 0.274. The number of carbonyl (C=O) groups is 3. The number of hydrogen-bond donors (Lipinski definition) is 2. The number of nitrogens with one attached hydrogen (secondary N) is 1. The lowest BCUT2D eigenvalue weighted by Gasteiger charge is -2.19. The van der Waals surface area contributed by atoms with Crippen LogP contribution >= 0.6 is 0 Å². The van der Waals surface area contributed by atoms with E-state index in [0.717, 1.165) is 59.1 Å². The molecule has 4 aromatic rings. The molecule has 2 aromatic carbocycles. The Hall–Kier alpha value is -4.40. The number of likely N-dealkylation sites (tertiary alicyclic amines) is 1. The Morgan fingerprint density at radius 1 is 1.05 bits per heavy atom. The molecule has 3 heterocycles. The van der Waals surface area contributed by atoms with Crippen molar-refractivity contribution >= 4 is 34.4 Å². The molecule has 5 rings (SSSR count). The molecule has 0 spiro atoms. The number of nitrogens with zero attached hydrogens (tertiary/aromatic N) is 4. The highest BCUT2D eigenvalue weighted by molar-refractivity contribution is 6.00. The van der Waals surface area contributed by atoms with Crippen molar-refractivity contribution in [1.29, 1.82) is 0 Å². The van der Waals surface area contributed by atoms with E-state index < -0.39 is 12.0 Å². The average Bonchev–Trinajstić information content (AvgIpc) is 3.70. The predicted molar refractivity (Wildman–Crippen MR) is 158 cm³/mol. The van der Waals surface area contributed by atoms with E-state index in [1.165, 1.54) is 0 Å². The molecule has 9 heteroatoms. The van der Waals surface area contributed by atoms with Gasteiger partial charge in [-0.25, -0.2) is 0 Å². The molecule has 1 unspecified atom stereocenters. The van der Waals surface area contributed by atoms with Crippen LogP contribution in [0.25, 0.3) is 10.9 Å². The van der Waals surface area contributed by atoms with Gasteiger partial charge in [0.2, 0.25) is 5.91 Å². The number of aromatic nitrogens is 3. The summed E-state index contributed by atoms with van der Waals surface area (Å²) in [5.41, 5.74) is 6.12. The lowest BCUT2D eigenvalue weighted by molar-refractivity contribution is -0.137. The van der Waals surface area contributed by atoms with E-state index >= 15 is 0 Å². The van der Waals surface area contributed by atoms with Crippen molar-refractivity contribution in [3.8, 4) is 0 Å². The van der Waals surface area contributed by atoms with Gasteiger partial charge >= 0.3 is 5.97 Å². The fourth-order valence-electron chi connectivity index (χ4n) is 5.57. The number of carbonyl (C=O) groups excluding carboxylic acids is 2. The van der Waals surface area contributed by atoms with Crippen molar-refractivity contribution in [1.82, 2.24) is 19.2 Å². The summed E-state index contributed by atoms with van der Waals surface area (Å²) in [5, 5.41) is 17.6. The number of carboxylic acid groups (broad SMARTS) is 1. The first-order valence-corrected chi connectivity index (χ1v) is 14.2. The lowest BCUT2D eigenvalue weighted by atomic mass is 10.0. The smallest absolute Gasteiger partial charge is 0.303 e. The van der Waals surface area contributed by atoms with Gasteiger partial charge in [-0.1, -0.05) is 18.2 Å². The van der Waals surface area contributed by atoms with Gasteiger partial charge in [0.25, 0.3) is 5.91 Å². The SMILES string of the molecule is Cc1cnn(Cc2ccc(CCCC(=O)O)c(NC(=O)C(C)n3cc(C)c4ccc(C(=O)N5CCCC5)cc43)c2)c1. The fraction of sp³-hybridized carbons (Fsp3) is 0.375. The number of amides is 2. The minimum Gasteiger partial charge on any atom is -0.481 e. The first-order valence-electron chi connectivity index (χ1n) is 14.2. The van der Waals surface area contributed by atoms with Crippen LogP contribution in [-0.2, 0) is 22.6 Å². The zero-order valence-corrected chi connectivity index (χ0v) is 23.9. The number of hydrogen-bond acceptors (Lipinski definition) is 4. The number of benzene rings is 2. The normalized spacial score (nSPS) is 14.0. The Labute approximate surface area is 239 Å². The van der Waals surface area contributed by atoms with Gasteiger partial charge < -0.3 is 19.9 Å². The van der Waals surface area contributed by atoms with Gasteiger partial charge in [0.1, 0.15) is 6.04 Å². The second-order valence-electron chi connectivity index (χ2n) is 11.1. The van der Waals surface area contributed by atoms with Crippen molar-refractivity contribution in [3.05, 3.63) is 82.8 Å². The van der Waals surface area contributed by atoms with Crippen LogP contribution in [0.3, 0.4) is 0 Å². The number of aryl methyl sites for hydroxylation is 3. The zero-order valence-electron chi connectivity index (χ0n) is 23.9. The number of rotatable bonds is 10. The first kappa shape index (κ1) is 28.1. The minimum atomic E-state index is -0.840. The highest BCUT2D eigenvalue weighted by atomic mass is 16.4. The van der Waals surface area contributed by atoms with Crippen molar-refractivity contribution in [2.45, 2.75) is 65.5 Å². The molecule has 0 radical (unpaired) electrons. The largest absolute Gasteiger partial charge is 0.481 e. The third-order valence-electron chi connectivity index (χ3n) is 7.85. The van der Waals surface area contributed by atoms with Crippen molar-refractivity contribution < 1.29 is 19.5 Å². The van der Waals surface area contributed by atoms with Gasteiger partial charge in [0.15, 0.2) is 0 Å². The van der Waals surface area contributed by atoms with Gasteiger partial charge in [0.05, 0.1) is 12.7 Å². The van der Waals surface area contributed by atoms with Gasteiger partial charge in [-0.05, 0) is 86.9 Å². The summed E-state index contributed by atoms with van der Waals surface area (Å²) < 4.78 is 3.78.